The molecule has 1 aromatic carbocycles. The van der Waals surface area contributed by atoms with Gasteiger partial charge in [0.05, 0.1) is 11.8 Å². The number of sulfonamides is 1. The Kier molecular flexibility index (Phi) is 3.85. The van der Waals surface area contributed by atoms with E-state index < -0.39 is 21.1 Å². The normalized spacial score (nSPS) is 12.8. The minimum Gasteiger partial charge on any atom is -0.279 e. The molecule has 6 heteroatoms. The van der Waals surface area contributed by atoms with Crippen molar-refractivity contribution in [1.29, 1.82) is 5.26 Å². The maximum atomic E-state index is 13.2. The molecule has 0 unspecified atom stereocenters. The van der Waals surface area contributed by atoms with Gasteiger partial charge in [0.25, 0.3) is 0 Å². The quantitative estimate of drug-likeness (QED) is 0.876. The number of rotatable bonds is 4. The first-order chi connectivity index (χ1) is 7.51. The van der Waals surface area contributed by atoms with Gasteiger partial charge in [-0.15, -0.1) is 0 Å². The molecule has 1 rings (SSSR count). The van der Waals surface area contributed by atoms with E-state index in [4.69, 9.17) is 5.26 Å². The van der Waals surface area contributed by atoms with Gasteiger partial charge in [0.1, 0.15) is 5.82 Å². The van der Waals surface area contributed by atoms with Crippen LogP contribution in [-0.4, -0.2) is 13.7 Å². The predicted octanol–water partition coefficient (Wildman–Crippen LogP) is 1.87. The van der Waals surface area contributed by atoms with Gasteiger partial charge in [-0.25, -0.2) is 12.8 Å². The van der Waals surface area contributed by atoms with Crippen molar-refractivity contribution >= 4 is 15.7 Å². The average molecular weight is 242 g/mol. The van der Waals surface area contributed by atoms with Crippen LogP contribution in [0.25, 0.3) is 0 Å². The minimum atomic E-state index is -3.85. The Bertz CT molecular complexity index is 508. The Labute approximate surface area is 93.8 Å². The summed E-state index contributed by atoms with van der Waals surface area (Å²) in [6.07, 6.45) is 0.153. The zero-order valence-corrected chi connectivity index (χ0v) is 9.46. The average Bonchev–Trinajstić information content (AvgIpc) is 2.22. The SMILES string of the molecule is CC[C@H](C#N)S(=O)(=O)Nc1ccccc1F. The lowest BCUT2D eigenvalue weighted by Crippen LogP contribution is -2.26. The summed E-state index contributed by atoms with van der Waals surface area (Å²) in [4.78, 5) is 0. The van der Waals surface area contributed by atoms with E-state index >= 15 is 0 Å². The lowest BCUT2D eigenvalue weighted by molar-refractivity contribution is 0.590. The van der Waals surface area contributed by atoms with Crippen molar-refractivity contribution in [2.75, 3.05) is 4.72 Å². The van der Waals surface area contributed by atoms with E-state index in [1.807, 2.05) is 0 Å². The van der Waals surface area contributed by atoms with Crippen LogP contribution in [0.4, 0.5) is 10.1 Å². The molecule has 0 aliphatic heterocycles. The molecule has 4 nitrogen and oxygen atoms in total. The number of benzene rings is 1. The molecule has 0 aliphatic carbocycles. The number of nitrogens with one attached hydrogen (secondary N) is 1. The molecule has 0 saturated heterocycles. The smallest absolute Gasteiger partial charge is 0.249 e. The standard InChI is InChI=1S/C10H11FN2O2S/c1-2-8(7-12)16(14,15)13-10-6-4-3-5-9(10)11/h3-6,8,13H,2H2,1H3/t8-/m1/s1. The van der Waals surface area contributed by atoms with E-state index in [2.05, 4.69) is 4.72 Å². The highest BCUT2D eigenvalue weighted by Gasteiger charge is 2.24. The van der Waals surface area contributed by atoms with E-state index in [1.54, 1.807) is 13.0 Å². The number of nitrogens with zero attached hydrogens (tertiary/aromatic N) is 1. The van der Waals surface area contributed by atoms with Gasteiger partial charge in [0.15, 0.2) is 5.25 Å². The van der Waals surface area contributed by atoms with Gasteiger partial charge in [-0.3, -0.25) is 4.72 Å². The fourth-order valence-electron chi connectivity index (χ4n) is 1.15. The molecule has 0 saturated carbocycles. The van der Waals surface area contributed by atoms with Crippen molar-refractivity contribution in [3.05, 3.63) is 30.1 Å². The number of hydrogen-bond acceptors (Lipinski definition) is 3. The van der Waals surface area contributed by atoms with E-state index in [9.17, 15) is 12.8 Å². The van der Waals surface area contributed by atoms with Crippen molar-refractivity contribution in [3.63, 3.8) is 0 Å². The van der Waals surface area contributed by atoms with Crippen LogP contribution in [0, 0.1) is 17.1 Å². The Morgan fingerprint density at radius 1 is 1.50 bits per heavy atom. The zero-order chi connectivity index (χ0) is 12.2. The van der Waals surface area contributed by atoms with Crippen molar-refractivity contribution in [2.24, 2.45) is 0 Å². The Balaban J connectivity index is 2.99. The molecule has 0 heterocycles. The second kappa shape index (κ2) is 4.94. The third-order valence-electron chi connectivity index (χ3n) is 2.02. The van der Waals surface area contributed by atoms with Crippen molar-refractivity contribution in [3.8, 4) is 6.07 Å². The zero-order valence-electron chi connectivity index (χ0n) is 8.64. The van der Waals surface area contributed by atoms with Crippen molar-refractivity contribution in [1.82, 2.24) is 0 Å². The minimum absolute atomic E-state index is 0.142. The van der Waals surface area contributed by atoms with Crippen LogP contribution in [0.1, 0.15) is 13.3 Å². The lowest BCUT2D eigenvalue weighted by atomic mass is 10.3. The predicted molar refractivity (Wildman–Crippen MR) is 58.6 cm³/mol. The Hall–Kier alpha value is -1.61. The van der Waals surface area contributed by atoms with E-state index in [0.717, 1.165) is 6.07 Å². The largest absolute Gasteiger partial charge is 0.279 e. The van der Waals surface area contributed by atoms with Crippen LogP contribution >= 0.6 is 0 Å². The molecule has 1 atom stereocenters. The Morgan fingerprint density at radius 3 is 2.62 bits per heavy atom. The third-order valence-corrected chi connectivity index (χ3v) is 3.71. The monoisotopic (exact) mass is 242 g/mol. The van der Waals surface area contributed by atoms with Crippen molar-refractivity contribution < 1.29 is 12.8 Å². The first kappa shape index (κ1) is 12.5. The first-order valence-corrected chi connectivity index (χ1v) is 6.21. The van der Waals surface area contributed by atoms with E-state index in [1.165, 1.54) is 18.2 Å². The van der Waals surface area contributed by atoms with Gasteiger partial charge in [0, 0.05) is 0 Å². The second-order valence-corrected chi connectivity index (χ2v) is 5.02. The maximum absolute atomic E-state index is 13.2. The molecule has 0 spiro atoms. The molecule has 1 N–H and O–H groups in total. The number of nitriles is 1. The summed E-state index contributed by atoms with van der Waals surface area (Å²) in [6.45, 7) is 1.58. The number of hydrogen-bond donors (Lipinski definition) is 1. The van der Waals surface area contributed by atoms with E-state index in [0.29, 0.717) is 0 Å². The highest BCUT2D eigenvalue weighted by atomic mass is 32.2. The summed E-state index contributed by atoms with van der Waals surface area (Å²) in [5.74, 6) is -0.668. The van der Waals surface area contributed by atoms with Crippen LogP contribution in [0.3, 0.4) is 0 Å². The molecule has 0 fully saturated rings. The molecule has 0 bridgehead atoms. The molecule has 16 heavy (non-hydrogen) atoms. The molecule has 86 valence electrons. The summed E-state index contributed by atoms with van der Waals surface area (Å²) in [5, 5.41) is 7.47. The van der Waals surface area contributed by atoms with Crippen LogP contribution in [0.2, 0.25) is 0 Å². The molecule has 0 aromatic heterocycles. The topological polar surface area (TPSA) is 70.0 Å². The Morgan fingerprint density at radius 2 is 2.12 bits per heavy atom. The highest BCUT2D eigenvalue weighted by molar-refractivity contribution is 7.93. The van der Waals surface area contributed by atoms with Gasteiger partial charge in [-0.2, -0.15) is 5.26 Å². The van der Waals surface area contributed by atoms with Crippen LogP contribution in [0.5, 0.6) is 0 Å². The molecule has 1 aromatic rings. The number of halogens is 1. The van der Waals surface area contributed by atoms with Gasteiger partial charge < -0.3 is 0 Å². The molecule has 0 radical (unpaired) electrons. The summed E-state index contributed by atoms with van der Waals surface area (Å²) < 4.78 is 38.5. The molecular formula is C10H11FN2O2S. The van der Waals surface area contributed by atoms with Crippen LogP contribution in [-0.2, 0) is 10.0 Å². The van der Waals surface area contributed by atoms with Crippen LogP contribution in [0.15, 0.2) is 24.3 Å². The lowest BCUT2D eigenvalue weighted by Gasteiger charge is -2.11. The first-order valence-electron chi connectivity index (χ1n) is 4.67. The summed E-state index contributed by atoms with van der Waals surface area (Å²) in [5.41, 5.74) is -0.142. The fourth-order valence-corrected chi connectivity index (χ4v) is 2.34. The van der Waals surface area contributed by atoms with Crippen LogP contribution < -0.4 is 4.72 Å². The maximum Gasteiger partial charge on any atom is 0.249 e. The summed E-state index contributed by atoms with van der Waals surface area (Å²) >= 11 is 0. The van der Waals surface area contributed by atoms with Gasteiger partial charge >= 0.3 is 0 Å². The number of anilines is 1. The van der Waals surface area contributed by atoms with Gasteiger partial charge in [-0.1, -0.05) is 19.1 Å². The highest BCUT2D eigenvalue weighted by Crippen LogP contribution is 2.16. The number of para-hydroxylation sites is 1. The summed E-state index contributed by atoms with van der Waals surface area (Å²) in [6, 6.07) is 7.07. The third kappa shape index (κ3) is 2.70. The van der Waals surface area contributed by atoms with Gasteiger partial charge in [0.2, 0.25) is 10.0 Å². The fraction of sp³-hybridized carbons (Fsp3) is 0.300. The molecular weight excluding hydrogens is 231 g/mol. The summed E-state index contributed by atoms with van der Waals surface area (Å²) in [7, 11) is -3.85. The van der Waals surface area contributed by atoms with E-state index in [-0.39, 0.29) is 12.1 Å². The van der Waals surface area contributed by atoms with Crippen molar-refractivity contribution in [2.45, 2.75) is 18.6 Å². The molecule has 0 aliphatic rings. The second-order valence-electron chi connectivity index (χ2n) is 3.15. The molecule has 0 amide bonds. The van der Waals surface area contributed by atoms with Gasteiger partial charge in [-0.05, 0) is 18.6 Å².